The molecule has 2 rings (SSSR count). The molecule has 0 radical (unpaired) electrons. The van der Waals surface area contributed by atoms with Crippen LogP contribution in [0.15, 0.2) is 0 Å². The summed E-state index contributed by atoms with van der Waals surface area (Å²) in [5, 5.41) is 8.38. The zero-order valence-electron chi connectivity index (χ0n) is 26.3. The van der Waals surface area contributed by atoms with E-state index in [1.54, 1.807) is 0 Å². The zero-order valence-corrected chi connectivity index (χ0v) is 29.7. The Kier molecular flexibility index (Phi) is 25.8. The van der Waals surface area contributed by atoms with Gasteiger partial charge in [0.05, 0.1) is 0 Å². The van der Waals surface area contributed by atoms with Gasteiger partial charge in [0.1, 0.15) is 0 Å². The molecule has 2 fully saturated rings. The molecule has 0 aromatic heterocycles. The van der Waals surface area contributed by atoms with E-state index in [0.29, 0.717) is 11.1 Å². The van der Waals surface area contributed by atoms with E-state index in [1.807, 2.05) is 0 Å². The van der Waals surface area contributed by atoms with E-state index >= 15 is 0 Å². The van der Waals surface area contributed by atoms with Crippen LogP contribution in [0, 0.1) is 6.92 Å². The van der Waals surface area contributed by atoms with Gasteiger partial charge in [0.2, 0.25) is 0 Å². The van der Waals surface area contributed by atoms with Gasteiger partial charge in [-0.15, -0.1) is 11.1 Å². The minimum absolute atomic E-state index is 0. The molecule has 0 amide bonds. The maximum Gasteiger partial charge on any atom is 2.00 e. The number of nitrogens with zero attached hydrogens (tertiary/aromatic N) is 3. The molecule has 2 aliphatic rings. The average molecular weight is 502 g/mol. The van der Waals surface area contributed by atoms with Gasteiger partial charge in [0.15, 0.2) is 0 Å². The summed E-state index contributed by atoms with van der Waals surface area (Å²) in [7, 11) is 8.35. The first-order valence-corrected chi connectivity index (χ1v) is 13.0. The molecule has 196 valence electrons. The van der Waals surface area contributed by atoms with Crippen molar-refractivity contribution >= 4 is 23.1 Å². The molecule has 6 heteroatoms. The van der Waals surface area contributed by atoms with Gasteiger partial charge < -0.3 is 27.4 Å². The Balaban J connectivity index is -0.000000180. The van der Waals surface area contributed by atoms with Gasteiger partial charge in [0.25, 0.3) is 0 Å². The summed E-state index contributed by atoms with van der Waals surface area (Å²) in [6.07, 6.45) is 10.1. The van der Waals surface area contributed by atoms with Gasteiger partial charge in [0, 0.05) is 24.2 Å². The topological polar surface area (TPSA) is 32.6 Å². The number of rotatable bonds is 4. The van der Waals surface area contributed by atoms with Crippen LogP contribution in [0.25, 0.3) is 5.32 Å². The fraction of sp³-hybridized carbons (Fsp3) is 0.964. The van der Waals surface area contributed by atoms with Crippen LogP contribution >= 0.6 is 0 Å². The quantitative estimate of drug-likeness (QED) is 0.470. The monoisotopic (exact) mass is 501 g/mol. The van der Waals surface area contributed by atoms with Gasteiger partial charge >= 0.3 is 52.6 Å². The van der Waals surface area contributed by atoms with Crippen molar-refractivity contribution in [2.24, 2.45) is 0 Å². The van der Waals surface area contributed by atoms with E-state index in [9.17, 15) is 0 Å². The number of likely N-dealkylation sites (N-methyl/N-ethyl adjacent to an activating group) is 2. The van der Waals surface area contributed by atoms with E-state index < -0.39 is 0 Å². The molecule has 2 saturated heterocycles. The van der Waals surface area contributed by atoms with E-state index in [2.05, 4.69) is 113 Å². The number of nitrogens with one attached hydrogen (secondary N) is 1. The SMILES string of the molecule is CC1(C)CCCC(C)(C)N1.CC1(C)CCCC(C)(C)[N-]1.CN(C)CCN(C)C.[CH2-]CCC.[Mg+2].[Na+]. The van der Waals surface area contributed by atoms with Crippen LogP contribution in [-0.4, -0.2) is 96.3 Å². The number of piperidine rings is 2. The first kappa shape index (κ1) is 42.7. The Morgan fingerprint density at radius 3 is 1.15 bits per heavy atom. The van der Waals surface area contributed by atoms with E-state index in [1.165, 1.54) is 44.9 Å². The van der Waals surface area contributed by atoms with Crippen LogP contribution in [0.1, 0.15) is 114 Å². The van der Waals surface area contributed by atoms with Crippen LogP contribution in [0.2, 0.25) is 0 Å². The Labute approximate surface area is 255 Å². The number of unbranched alkanes of at least 4 members (excludes halogenated alkanes) is 1. The molecule has 0 spiro atoms. The third-order valence-electron chi connectivity index (χ3n) is 5.81. The first-order chi connectivity index (χ1) is 14.4. The standard InChI is InChI=1S/C9H19N.C9H18N.C6H16N2.C4H9.Mg.Na/c2*1-8(2)6-5-7-9(3,4)10-8;1-7(2)5-6-8(3)4;1-3-4-2;;/h10H,5-7H2,1-4H3;5-7H2,1-4H3;5-6H2,1-4H3;1,3-4H2,2H3;;/q;-1;;-1;+2;+1. The molecule has 4 nitrogen and oxygen atoms in total. The summed E-state index contributed by atoms with van der Waals surface area (Å²) in [5.74, 6) is 0. The average Bonchev–Trinajstić information content (AvgIpc) is 2.57. The van der Waals surface area contributed by atoms with Crippen LogP contribution in [-0.2, 0) is 0 Å². The second kappa shape index (κ2) is 20.6. The molecule has 2 aliphatic heterocycles. The second-order valence-corrected chi connectivity index (χ2v) is 12.8. The van der Waals surface area contributed by atoms with Gasteiger partial charge in [-0.05, 0) is 75.1 Å². The van der Waals surface area contributed by atoms with E-state index in [-0.39, 0.29) is 63.7 Å². The van der Waals surface area contributed by atoms with Crippen molar-refractivity contribution in [2.45, 2.75) is 136 Å². The van der Waals surface area contributed by atoms with Crippen molar-refractivity contribution in [2.75, 3.05) is 41.3 Å². The third kappa shape index (κ3) is 28.2. The molecule has 0 saturated carbocycles. The summed E-state index contributed by atoms with van der Waals surface area (Å²) in [6, 6.07) is 0. The molecule has 0 aliphatic carbocycles. The van der Waals surface area contributed by atoms with E-state index in [0.717, 1.165) is 19.5 Å². The van der Waals surface area contributed by atoms with Crippen molar-refractivity contribution < 1.29 is 29.6 Å². The molecule has 0 atom stereocenters. The summed E-state index contributed by atoms with van der Waals surface area (Å²) in [4.78, 5) is 4.36. The maximum atomic E-state index is 4.75. The fourth-order valence-electron chi connectivity index (χ4n) is 4.30. The Morgan fingerprint density at radius 2 is 1.00 bits per heavy atom. The van der Waals surface area contributed by atoms with Gasteiger partial charge in [-0.25, -0.2) is 0 Å². The second-order valence-electron chi connectivity index (χ2n) is 12.8. The Morgan fingerprint density at radius 1 is 0.706 bits per heavy atom. The summed E-state index contributed by atoms with van der Waals surface area (Å²) < 4.78 is 0. The Bertz CT molecular complexity index is 393. The summed E-state index contributed by atoms with van der Waals surface area (Å²) >= 11 is 0. The maximum absolute atomic E-state index is 4.75. The molecule has 0 aromatic carbocycles. The summed E-state index contributed by atoms with van der Waals surface area (Å²) in [6.45, 7) is 26.1. The molecule has 1 N–H and O–H groups in total. The van der Waals surface area contributed by atoms with Crippen molar-refractivity contribution in [3.8, 4) is 0 Å². The van der Waals surface area contributed by atoms with Gasteiger partial charge in [-0.3, -0.25) is 0 Å². The Hall–Kier alpha value is 1.61. The fourth-order valence-corrected chi connectivity index (χ4v) is 4.30. The van der Waals surface area contributed by atoms with Gasteiger partial charge in [-0.2, -0.15) is 6.42 Å². The minimum Gasteiger partial charge on any atom is -0.652 e. The molecule has 0 unspecified atom stereocenters. The minimum atomic E-state index is 0. The third-order valence-corrected chi connectivity index (χ3v) is 5.81. The first-order valence-electron chi connectivity index (χ1n) is 13.0. The predicted molar refractivity (Wildman–Crippen MR) is 154 cm³/mol. The normalized spacial score (nSPS) is 21.2. The zero-order chi connectivity index (χ0) is 25.6. The number of hydrogen-bond acceptors (Lipinski definition) is 3. The molecular formula is C28H62MgN4Na+. The van der Waals surface area contributed by atoms with E-state index in [4.69, 9.17) is 5.32 Å². The molecule has 0 bridgehead atoms. The summed E-state index contributed by atoms with van der Waals surface area (Å²) in [5.41, 5.74) is 1.20. The van der Waals surface area contributed by atoms with Crippen molar-refractivity contribution in [3.63, 3.8) is 0 Å². The molecule has 0 aromatic rings. The van der Waals surface area contributed by atoms with Crippen LogP contribution in [0.3, 0.4) is 0 Å². The molecular weight excluding hydrogens is 440 g/mol. The van der Waals surface area contributed by atoms with Gasteiger partial charge in [-0.1, -0.05) is 60.3 Å². The van der Waals surface area contributed by atoms with Crippen LogP contribution in [0.4, 0.5) is 0 Å². The molecule has 2 heterocycles. The smallest absolute Gasteiger partial charge is 0.652 e. The number of hydrogen-bond donors (Lipinski definition) is 1. The van der Waals surface area contributed by atoms with Crippen LogP contribution < -0.4 is 34.9 Å². The van der Waals surface area contributed by atoms with Crippen molar-refractivity contribution in [3.05, 3.63) is 12.2 Å². The van der Waals surface area contributed by atoms with Crippen LogP contribution in [0.5, 0.6) is 0 Å². The van der Waals surface area contributed by atoms with Crippen molar-refractivity contribution in [1.29, 1.82) is 0 Å². The predicted octanol–water partition coefficient (Wildman–Crippen LogP) is 3.77. The van der Waals surface area contributed by atoms with Crippen molar-refractivity contribution in [1.82, 2.24) is 15.1 Å². The largest absolute Gasteiger partial charge is 2.00 e. The molecule has 34 heavy (non-hydrogen) atoms.